The molecule has 4 nitrogen and oxygen atoms in total. The average molecular weight is 312 g/mol. The minimum Gasteiger partial charge on any atom is -0.448 e. The summed E-state index contributed by atoms with van der Waals surface area (Å²) >= 11 is 0. The molecule has 1 aromatic heterocycles. The summed E-state index contributed by atoms with van der Waals surface area (Å²) in [6.45, 7) is 2.06. The Bertz CT molecular complexity index is 636. The van der Waals surface area contributed by atoms with E-state index < -0.39 is 18.0 Å². The molecule has 0 saturated carbocycles. The molecule has 0 unspecified atom stereocenters. The topological polar surface area (TPSA) is 44.1 Å². The summed E-state index contributed by atoms with van der Waals surface area (Å²) in [7, 11) is 0. The molecule has 0 bridgehead atoms. The van der Waals surface area contributed by atoms with Gasteiger partial charge < -0.3 is 4.74 Å². The van der Waals surface area contributed by atoms with Crippen LogP contribution in [0.4, 0.5) is 18.0 Å². The Balaban J connectivity index is 2.38. The van der Waals surface area contributed by atoms with Crippen LogP contribution in [0.3, 0.4) is 0 Å². The van der Waals surface area contributed by atoms with Gasteiger partial charge in [0, 0.05) is 5.56 Å². The van der Waals surface area contributed by atoms with Gasteiger partial charge in [-0.2, -0.15) is 23.0 Å². The molecule has 1 aromatic carbocycles. The van der Waals surface area contributed by atoms with Crippen molar-refractivity contribution in [3.8, 4) is 11.3 Å². The van der Waals surface area contributed by atoms with Gasteiger partial charge in [-0.05, 0) is 12.5 Å². The molecule has 1 heterocycles. The number of unbranched alkanes of at least 4 members (excludes halogenated alkanes) is 1. The summed E-state index contributed by atoms with van der Waals surface area (Å²) in [5.41, 5.74) is -0.619. The van der Waals surface area contributed by atoms with Crippen LogP contribution < -0.4 is 0 Å². The second kappa shape index (κ2) is 6.64. The maximum Gasteiger partial charge on any atom is 0.435 e. The van der Waals surface area contributed by atoms with Gasteiger partial charge >= 0.3 is 12.3 Å². The number of rotatable bonds is 4. The van der Waals surface area contributed by atoms with Crippen LogP contribution in [0.2, 0.25) is 0 Å². The molecule has 0 atom stereocenters. The SMILES string of the molecule is CCCCOC(=O)n1nc(C(F)(F)F)cc1-c1ccccc1. The molecule has 0 aliphatic rings. The Hall–Kier alpha value is -2.31. The number of carbonyl (C=O) groups excluding carboxylic acids is 1. The van der Waals surface area contributed by atoms with E-state index in [0.717, 1.165) is 12.5 Å². The number of benzene rings is 1. The zero-order valence-electron chi connectivity index (χ0n) is 11.9. The van der Waals surface area contributed by atoms with E-state index in [1.807, 2.05) is 6.92 Å². The lowest BCUT2D eigenvalue weighted by atomic mass is 10.1. The summed E-state index contributed by atoms with van der Waals surface area (Å²) in [6, 6.07) is 9.12. The van der Waals surface area contributed by atoms with Crippen LogP contribution in [-0.4, -0.2) is 22.5 Å². The molecule has 0 radical (unpaired) electrons. The lowest BCUT2D eigenvalue weighted by Gasteiger charge is -2.07. The van der Waals surface area contributed by atoms with Gasteiger partial charge in [0.05, 0.1) is 12.3 Å². The first-order chi connectivity index (χ1) is 10.4. The largest absolute Gasteiger partial charge is 0.448 e. The van der Waals surface area contributed by atoms with Gasteiger partial charge in [-0.1, -0.05) is 43.7 Å². The van der Waals surface area contributed by atoms with Gasteiger partial charge in [0.25, 0.3) is 0 Å². The summed E-state index contributed by atoms with van der Waals surface area (Å²) in [5.74, 6) is 0. The molecule has 0 fully saturated rings. The molecule has 0 N–H and O–H groups in total. The lowest BCUT2D eigenvalue weighted by molar-refractivity contribution is -0.141. The van der Waals surface area contributed by atoms with E-state index in [-0.39, 0.29) is 12.3 Å². The molecular formula is C15H15F3N2O2. The molecule has 22 heavy (non-hydrogen) atoms. The normalized spacial score (nSPS) is 11.5. The standard InChI is InChI=1S/C15H15F3N2O2/c1-2-3-9-22-14(21)20-12(11-7-5-4-6-8-11)10-13(19-20)15(16,17)18/h4-8,10H,2-3,9H2,1H3. The number of halogens is 3. The van der Waals surface area contributed by atoms with Crippen LogP contribution in [0.1, 0.15) is 25.5 Å². The van der Waals surface area contributed by atoms with Gasteiger partial charge in [0.1, 0.15) is 0 Å². The summed E-state index contributed by atoms with van der Waals surface area (Å²) in [4.78, 5) is 12.0. The summed E-state index contributed by atoms with van der Waals surface area (Å²) < 4.78 is 44.1. The minimum atomic E-state index is -4.63. The predicted molar refractivity (Wildman–Crippen MR) is 74.3 cm³/mol. The maximum atomic E-state index is 12.8. The number of hydrogen-bond acceptors (Lipinski definition) is 3. The number of carbonyl (C=O) groups is 1. The second-order valence-corrected chi connectivity index (χ2v) is 4.66. The van der Waals surface area contributed by atoms with Crippen molar-refractivity contribution in [1.29, 1.82) is 0 Å². The van der Waals surface area contributed by atoms with Gasteiger partial charge in [-0.3, -0.25) is 0 Å². The molecule has 0 aliphatic carbocycles. The first kappa shape index (κ1) is 16.1. The number of hydrogen-bond donors (Lipinski definition) is 0. The van der Waals surface area contributed by atoms with Crippen LogP contribution in [0, 0.1) is 0 Å². The highest BCUT2D eigenvalue weighted by Crippen LogP contribution is 2.31. The molecule has 0 aliphatic heterocycles. The third-order valence-electron chi connectivity index (χ3n) is 2.97. The van der Waals surface area contributed by atoms with Crippen molar-refractivity contribution in [2.75, 3.05) is 6.61 Å². The Kier molecular flexibility index (Phi) is 4.85. The molecule has 2 aromatic rings. The maximum absolute atomic E-state index is 12.8. The minimum absolute atomic E-state index is 0.0504. The first-order valence-electron chi connectivity index (χ1n) is 6.83. The van der Waals surface area contributed by atoms with E-state index >= 15 is 0 Å². The van der Waals surface area contributed by atoms with Crippen molar-refractivity contribution >= 4 is 6.09 Å². The fraction of sp³-hybridized carbons (Fsp3) is 0.333. The highest BCUT2D eigenvalue weighted by molar-refractivity contribution is 5.77. The monoisotopic (exact) mass is 312 g/mol. The first-order valence-corrected chi connectivity index (χ1v) is 6.83. The number of alkyl halides is 3. The van der Waals surface area contributed by atoms with Crippen molar-refractivity contribution in [2.45, 2.75) is 25.9 Å². The Morgan fingerprint density at radius 1 is 1.27 bits per heavy atom. The third kappa shape index (κ3) is 3.66. The van der Waals surface area contributed by atoms with Gasteiger partial charge in [-0.15, -0.1) is 0 Å². The van der Waals surface area contributed by atoms with Crippen molar-refractivity contribution in [1.82, 2.24) is 9.78 Å². The average Bonchev–Trinajstić information content (AvgIpc) is 2.93. The Morgan fingerprint density at radius 3 is 2.55 bits per heavy atom. The molecule has 0 amide bonds. The number of aromatic nitrogens is 2. The fourth-order valence-corrected chi connectivity index (χ4v) is 1.84. The van der Waals surface area contributed by atoms with E-state index in [4.69, 9.17) is 4.74 Å². The van der Waals surface area contributed by atoms with Gasteiger partial charge in [0.15, 0.2) is 5.69 Å². The van der Waals surface area contributed by atoms with E-state index in [9.17, 15) is 18.0 Å². The number of ether oxygens (including phenoxy) is 1. The van der Waals surface area contributed by atoms with Crippen LogP contribution in [0.25, 0.3) is 11.3 Å². The molecule has 0 saturated heterocycles. The van der Waals surface area contributed by atoms with Crippen molar-refractivity contribution in [2.24, 2.45) is 0 Å². The molecule has 118 valence electrons. The number of nitrogens with zero attached hydrogens (tertiary/aromatic N) is 2. The highest BCUT2D eigenvalue weighted by atomic mass is 19.4. The molecule has 7 heteroatoms. The van der Waals surface area contributed by atoms with Crippen LogP contribution >= 0.6 is 0 Å². The van der Waals surface area contributed by atoms with E-state index in [0.29, 0.717) is 16.7 Å². The van der Waals surface area contributed by atoms with E-state index in [1.165, 1.54) is 0 Å². The predicted octanol–water partition coefficient (Wildman–Crippen LogP) is 4.35. The van der Waals surface area contributed by atoms with E-state index in [1.54, 1.807) is 30.3 Å². The smallest absolute Gasteiger partial charge is 0.435 e. The van der Waals surface area contributed by atoms with Gasteiger partial charge in [0.2, 0.25) is 0 Å². The van der Waals surface area contributed by atoms with Crippen LogP contribution in [0.15, 0.2) is 36.4 Å². The fourth-order valence-electron chi connectivity index (χ4n) is 1.84. The Labute approximate surface area is 125 Å². The lowest BCUT2D eigenvalue weighted by Crippen LogP contribution is -2.18. The molecular weight excluding hydrogens is 297 g/mol. The molecule has 0 spiro atoms. The van der Waals surface area contributed by atoms with Gasteiger partial charge in [-0.25, -0.2) is 4.79 Å². The zero-order chi connectivity index (χ0) is 16.2. The van der Waals surface area contributed by atoms with E-state index in [2.05, 4.69) is 5.10 Å². The van der Waals surface area contributed by atoms with Crippen LogP contribution in [0.5, 0.6) is 0 Å². The Morgan fingerprint density at radius 2 is 1.95 bits per heavy atom. The molecule has 2 rings (SSSR count). The zero-order valence-corrected chi connectivity index (χ0v) is 11.9. The van der Waals surface area contributed by atoms with Crippen molar-refractivity contribution < 1.29 is 22.7 Å². The quantitative estimate of drug-likeness (QED) is 0.788. The summed E-state index contributed by atoms with van der Waals surface area (Å²) in [5, 5.41) is 3.35. The van der Waals surface area contributed by atoms with Crippen molar-refractivity contribution in [3.63, 3.8) is 0 Å². The second-order valence-electron chi connectivity index (χ2n) is 4.66. The third-order valence-corrected chi connectivity index (χ3v) is 2.97. The summed E-state index contributed by atoms with van der Waals surface area (Å²) in [6.07, 6.45) is -4.09. The highest BCUT2D eigenvalue weighted by Gasteiger charge is 2.36. The van der Waals surface area contributed by atoms with Crippen molar-refractivity contribution in [3.05, 3.63) is 42.1 Å². The van der Waals surface area contributed by atoms with Crippen LogP contribution in [-0.2, 0) is 10.9 Å².